The lowest BCUT2D eigenvalue weighted by atomic mass is 9.82. The highest BCUT2D eigenvalue weighted by Crippen LogP contribution is 2.67. The van der Waals surface area contributed by atoms with Crippen LogP contribution in [0.1, 0.15) is 58.4 Å². The molecule has 2 aliphatic rings. The molecule has 0 bridgehead atoms. The normalized spacial score (nSPS) is 17.3. The Bertz CT molecular complexity index is 1620. The van der Waals surface area contributed by atoms with E-state index in [1.54, 1.807) is 13.8 Å². The van der Waals surface area contributed by atoms with Gasteiger partial charge in [-0.3, -0.25) is 19.4 Å². The smallest absolute Gasteiger partial charge is 0.244 e. The molecule has 4 aromatic carbocycles. The van der Waals surface area contributed by atoms with Gasteiger partial charge in [0.15, 0.2) is 5.66 Å². The van der Waals surface area contributed by atoms with Crippen LogP contribution in [-0.4, -0.2) is 17.5 Å². The van der Waals surface area contributed by atoms with Crippen molar-refractivity contribution in [3.63, 3.8) is 0 Å². The quantitative estimate of drug-likeness (QED) is 0.238. The molecule has 0 radical (unpaired) electrons. The molecule has 4 heteroatoms. The van der Waals surface area contributed by atoms with Crippen LogP contribution in [-0.2, 0) is 9.59 Å². The first-order valence-corrected chi connectivity index (χ1v) is 14.6. The number of anilines is 2. The monoisotopic (exact) mass is 554 g/mol. The second-order valence-electron chi connectivity index (χ2n) is 12.6. The van der Waals surface area contributed by atoms with Crippen molar-refractivity contribution in [3.05, 3.63) is 129 Å². The first-order chi connectivity index (χ1) is 19.9. The predicted octanol–water partition coefficient (Wildman–Crippen LogP) is 8.26. The molecule has 0 atom stereocenters. The molecule has 1 aliphatic heterocycles. The van der Waals surface area contributed by atoms with Gasteiger partial charge >= 0.3 is 0 Å². The average molecular weight is 555 g/mol. The molecule has 42 heavy (non-hydrogen) atoms. The third kappa shape index (κ3) is 3.81. The van der Waals surface area contributed by atoms with Gasteiger partial charge in [0.2, 0.25) is 11.8 Å². The van der Waals surface area contributed by atoms with Crippen LogP contribution in [0, 0.1) is 47.0 Å². The second-order valence-corrected chi connectivity index (χ2v) is 12.6. The highest BCUT2D eigenvalue weighted by molar-refractivity contribution is 6.35. The standard InChI is InChI=1S/C38H38N2O2/c1-23-19-25(3)33(26(4)20-23)39-35(41)37(7,8)36(42)40(34-27(5)21-24(2)22-28(34)6)38(39)31(29-15-11-9-12-16-29)32(38)30-17-13-10-14-18-30/h9-22H,1-8H3. The van der Waals surface area contributed by atoms with Gasteiger partial charge in [-0.15, -0.1) is 0 Å². The Kier molecular flexibility index (Phi) is 6.31. The largest absolute Gasteiger partial charge is 0.278 e. The van der Waals surface area contributed by atoms with E-state index in [9.17, 15) is 9.59 Å². The van der Waals surface area contributed by atoms with E-state index in [-0.39, 0.29) is 11.8 Å². The number of carbonyl (C=O) groups excluding carboxylic acids is 2. The zero-order valence-corrected chi connectivity index (χ0v) is 25.8. The average Bonchev–Trinajstić information content (AvgIpc) is 3.61. The Labute approximate surface area is 249 Å². The second kappa shape index (κ2) is 9.55. The van der Waals surface area contributed by atoms with Crippen LogP contribution in [0.4, 0.5) is 11.4 Å². The highest BCUT2D eigenvalue weighted by atomic mass is 16.2. The summed E-state index contributed by atoms with van der Waals surface area (Å²) < 4.78 is 0. The molecule has 1 fully saturated rings. The number of aryl methyl sites for hydroxylation is 6. The highest BCUT2D eigenvalue weighted by Gasteiger charge is 2.72. The summed E-state index contributed by atoms with van der Waals surface area (Å²) in [4.78, 5) is 33.7. The first-order valence-electron chi connectivity index (χ1n) is 14.6. The molecule has 212 valence electrons. The first kappa shape index (κ1) is 27.7. The topological polar surface area (TPSA) is 40.6 Å². The van der Waals surface area contributed by atoms with Crippen LogP contribution in [0.5, 0.6) is 0 Å². The predicted molar refractivity (Wildman–Crippen MR) is 172 cm³/mol. The third-order valence-corrected chi connectivity index (χ3v) is 8.85. The van der Waals surface area contributed by atoms with E-state index in [2.05, 4.69) is 90.1 Å². The minimum Gasteiger partial charge on any atom is -0.278 e. The maximum absolute atomic E-state index is 14.9. The van der Waals surface area contributed by atoms with Crippen molar-refractivity contribution < 1.29 is 9.59 Å². The Morgan fingerprint density at radius 3 is 1.12 bits per heavy atom. The van der Waals surface area contributed by atoms with Crippen LogP contribution in [0.15, 0.2) is 84.9 Å². The number of nitrogens with zero attached hydrogens (tertiary/aromatic N) is 2. The van der Waals surface area contributed by atoms with E-state index >= 15 is 0 Å². The third-order valence-electron chi connectivity index (χ3n) is 8.85. The maximum atomic E-state index is 14.9. The van der Waals surface area contributed by atoms with E-state index in [4.69, 9.17) is 0 Å². The fourth-order valence-electron chi connectivity index (χ4n) is 7.23. The number of amides is 2. The molecule has 1 aliphatic carbocycles. The van der Waals surface area contributed by atoms with Gasteiger partial charge in [-0.05, 0) is 88.8 Å². The fourth-order valence-corrected chi connectivity index (χ4v) is 7.23. The summed E-state index contributed by atoms with van der Waals surface area (Å²) >= 11 is 0. The van der Waals surface area contributed by atoms with E-state index in [1.807, 2.05) is 46.2 Å². The molecule has 4 aromatic rings. The molecule has 0 saturated carbocycles. The van der Waals surface area contributed by atoms with Crippen LogP contribution < -0.4 is 9.80 Å². The molecule has 1 heterocycles. The van der Waals surface area contributed by atoms with Gasteiger partial charge in [0.25, 0.3) is 0 Å². The Morgan fingerprint density at radius 1 is 0.500 bits per heavy atom. The molecule has 4 nitrogen and oxygen atoms in total. The van der Waals surface area contributed by atoms with Crippen LogP contribution in [0.25, 0.3) is 11.1 Å². The molecule has 1 spiro atoms. The van der Waals surface area contributed by atoms with E-state index in [0.717, 1.165) is 67.0 Å². The summed E-state index contributed by atoms with van der Waals surface area (Å²) in [6.45, 7) is 16.0. The lowest BCUT2D eigenvalue weighted by molar-refractivity contribution is -0.141. The SMILES string of the molecule is Cc1cc(C)c(N2C(=O)C(C)(C)C(=O)N(c3c(C)cc(C)cc3C)C23C(c2ccccc2)=C3c2ccccc2)c(C)c1. The van der Waals surface area contributed by atoms with Gasteiger partial charge in [-0.1, -0.05) is 96.1 Å². The van der Waals surface area contributed by atoms with Crippen LogP contribution in [0.2, 0.25) is 0 Å². The van der Waals surface area contributed by atoms with Crippen molar-refractivity contribution in [1.82, 2.24) is 0 Å². The summed E-state index contributed by atoms with van der Waals surface area (Å²) in [6.07, 6.45) is 0. The van der Waals surface area contributed by atoms with Gasteiger partial charge in [0, 0.05) is 11.1 Å². The molecular formula is C38H38N2O2. The van der Waals surface area contributed by atoms with Gasteiger partial charge in [-0.2, -0.15) is 0 Å². The van der Waals surface area contributed by atoms with Crippen molar-refractivity contribution in [2.75, 3.05) is 9.80 Å². The van der Waals surface area contributed by atoms with Crippen LogP contribution in [0.3, 0.4) is 0 Å². The number of carbonyl (C=O) groups is 2. The van der Waals surface area contributed by atoms with Crippen LogP contribution >= 0.6 is 0 Å². The molecule has 1 saturated heterocycles. The molecule has 2 amide bonds. The summed E-state index contributed by atoms with van der Waals surface area (Å²) in [5, 5.41) is 0. The number of rotatable bonds is 4. The van der Waals surface area contributed by atoms with E-state index < -0.39 is 11.1 Å². The van der Waals surface area contributed by atoms with E-state index in [1.165, 1.54) is 0 Å². The van der Waals surface area contributed by atoms with Gasteiger partial charge in [0.1, 0.15) is 5.41 Å². The molecule has 0 aromatic heterocycles. The number of benzene rings is 4. The number of hydrogen-bond donors (Lipinski definition) is 0. The number of hydrogen-bond acceptors (Lipinski definition) is 2. The maximum Gasteiger partial charge on any atom is 0.244 e. The Morgan fingerprint density at radius 2 is 0.810 bits per heavy atom. The van der Waals surface area contributed by atoms with Gasteiger partial charge in [-0.25, -0.2) is 0 Å². The van der Waals surface area contributed by atoms with Crippen molar-refractivity contribution >= 4 is 34.3 Å². The summed E-state index contributed by atoms with van der Waals surface area (Å²) in [6, 6.07) is 28.9. The van der Waals surface area contributed by atoms with Crippen molar-refractivity contribution in [1.29, 1.82) is 0 Å². The van der Waals surface area contributed by atoms with Crippen molar-refractivity contribution in [3.8, 4) is 0 Å². The minimum atomic E-state index is -1.29. The minimum absolute atomic E-state index is 0.194. The molecule has 6 rings (SSSR count). The Hall–Kier alpha value is -4.44. The summed E-state index contributed by atoms with van der Waals surface area (Å²) in [5.74, 6) is -0.388. The molecule has 0 N–H and O–H groups in total. The fraction of sp³-hybridized carbons (Fsp3) is 0.263. The van der Waals surface area contributed by atoms with Crippen molar-refractivity contribution in [2.45, 2.75) is 61.1 Å². The van der Waals surface area contributed by atoms with Crippen molar-refractivity contribution in [2.24, 2.45) is 5.41 Å². The Balaban J connectivity index is 1.78. The molecular weight excluding hydrogens is 516 g/mol. The zero-order chi connectivity index (χ0) is 30.1. The lowest BCUT2D eigenvalue weighted by Gasteiger charge is -2.53. The summed E-state index contributed by atoms with van der Waals surface area (Å²) in [7, 11) is 0. The van der Waals surface area contributed by atoms with Gasteiger partial charge < -0.3 is 0 Å². The lowest BCUT2D eigenvalue weighted by Crippen LogP contribution is -2.71. The van der Waals surface area contributed by atoms with E-state index in [0.29, 0.717) is 0 Å². The van der Waals surface area contributed by atoms with Gasteiger partial charge in [0.05, 0.1) is 11.4 Å². The summed E-state index contributed by atoms with van der Waals surface area (Å²) in [5.41, 5.74) is 9.55. The molecule has 0 unspecified atom stereocenters. The zero-order valence-electron chi connectivity index (χ0n) is 25.8.